The Hall–Kier alpha value is -1.61. The molecule has 1 N–H and O–H groups in total. The minimum Gasteiger partial charge on any atom is -0.393 e. The van der Waals surface area contributed by atoms with Gasteiger partial charge in [0.1, 0.15) is 0 Å². The second-order valence-corrected chi connectivity index (χ2v) is 14.5. The third-order valence-electron chi connectivity index (χ3n) is 12.7. The molecular formula is C35H51NO2. The summed E-state index contributed by atoms with van der Waals surface area (Å²) in [5.41, 5.74) is 3.73. The van der Waals surface area contributed by atoms with E-state index in [0.717, 1.165) is 68.9 Å². The summed E-state index contributed by atoms with van der Waals surface area (Å²) in [6.45, 7) is 9.46. The summed E-state index contributed by atoms with van der Waals surface area (Å²) in [4.78, 5) is 15.5. The fourth-order valence-electron chi connectivity index (χ4n) is 10.5. The van der Waals surface area contributed by atoms with Crippen molar-refractivity contribution in [2.24, 2.45) is 40.4 Å². The summed E-state index contributed by atoms with van der Waals surface area (Å²) in [5, 5.41) is 10.3. The summed E-state index contributed by atoms with van der Waals surface area (Å²) in [6, 6.07) is 10.8. The zero-order valence-electron chi connectivity index (χ0n) is 24.2. The first kappa shape index (κ1) is 26.6. The van der Waals surface area contributed by atoms with Gasteiger partial charge in [-0.1, -0.05) is 62.8 Å². The van der Waals surface area contributed by atoms with Crippen LogP contribution in [0.3, 0.4) is 0 Å². The van der Waals surface area contributed by atoms with Crippen LogP contribution in [0.5, 0.6) is 0 Å². The number of allylic oxidation sites excluding steroid dienone is 1. The highest BCUT2D eigenvalue weighted by molar-refractivity contribution is 5.76. The number of benzene rings is 1. The van der Waals surface area contributed by atoms with Crippen molar-refractivity contribution in [3.05, 3.63) is 47.5 Å². The molecule has 1 aliphatic heterocycles. The predicted octanol–water partition coefficient (Wildman–Crippen LogP) is 7.75. The van der Waals surface area contributed by atoms with Crippen molar-refractivity contribution in [2.45, 2.75) is 110 Å². The van der Waals surface area contributed by atoms with Crippen LogP contribution in [0.1, 0.15) is 109 Å². The van der Waals surface area contributed by atoms with Crippen LogP contribution in [0.25, 0.3) is 0 Å². The van der Waals surface area contributed by atoms with E-state index in [9.17, 15) is 9.90 Å². The monoisotopic (exact) mass is 517 g/mol. The number of rotatable bonds is 5. The Labute approximate surface area is 231 Å². The lowest BCUT2D eigenvalue weighted by Gasteiger charge is -2.58. The third-order valence-corrected chi connectivity index (χ3v) is 12.7. The summed E-state index contributed by atoms with van der Waals surface area (Å²) in [6.07, 6.45) is 16.3. The lowest BCUT2D eigenvalue weighted by Crippen LogP contribution is -2.50. The standard InChI is InChI=1S/C35H51NO2/c1-24(11-16-33(38)36-21-7-10-26(23-36)25-8-5-4-6-9-25)30-14-15-31-29-13-12-27-22-28(37)17-19-34(27,2)32(29)18-20-35(30,31)3/h4-6,8-9,12,24,26,28-32,37H,7,10-11,13-23H2,1-3H3/t24?,26?,28-,29-,30+,31-,32-,34-,35+/m0/s1. The van der Waals surface area contributed by atoms with Gasteiger partial charge in [0.2, 0.25) is 5.91 Å². The first-order chi connectivity index (χ1) is 18.3. The zero-order chi connectivity index (χ0) is 26.5. The van der Waals surface area contributed by atoms with Crippen LogP contribution in [0.15, 0.2) is 42.0 Å². The number of likely N-dealkylation sites (tertiary alicyclic amines) is 1. The molecule has 1 aromatic rings. The molecule has 0 aromatic heterocycles. The van der Waals surface area contributed by atoms with E-state index in [-0.39, 0.29) is 6.10 Å². The third kappa shape index (κ3) is 4.59. The maximum absolute atomic E-state index is 13.3. The van der Waals surface area contributed by atoms with Gasteiger partial charge in [0.25, 0.3) is 0 Å². The number of hydrogen-bond donors (Lipinski definition) is 1. The number of aliphatic hydroxyl groups is 1. The van der Waals surface area contributed by atoms with Crippen molar-refractivity contribution in [1.29, 1.82) is 0 Å². The topological polar surface area (TPSA) is 40.5 Å². The van der Waals surface area contributed by atoms with E-state index in [1.54, 1.807) is 5.57 Å². The van der Waals surface area contributed by atoms with Gasteiger partial charge in [-0.2, -0.15) is 0 Å². The van der Waals surface area contributed by atoms with E-state index in [2.05, 4.69) is 62.1 Å². The molecule has 9 atom stereocenters. The Morgan fingerprint density at radius 3 is 2.68 bits per heavy atom. The van der Waals surface area contributed by atoms with E-state index in [1.807, 2.05) is 0 Å². The van der Waals surface area contributed by atoms with Gasteiger partial charge < -0.3 is 10.0 Å². The molecule has 0 radical (unpaired) electrons. The molecule has 3 nitrogen and oxygen atoms in total. The highest BCUT2D eigenvalue weighted by atomic mass is 16.3. The van der Waals surface area contributed by atoms with E-state index >= 15 is 0 Å². The van der Waals surface area contributed by atoms with Crippen molar-refractivity contribution in [2.75, 3.05) is 13.1 Å². The number of carbonyl (C=O) groups excluding carboxylic acids is 1. The second-order valence-electron chi connectivity index (χ2n) is 14.5. The van der Waals surface area contributed by atoms with Crippen molar-refractivity contribution >= 4 is 5.91 Å². The van der Waals surface area contributed by atoms with Gasteiger partial charge in [0, 0.05) is 25.4 Å². The molecule has 3 saturated carbocycles. The molecule has 0 spiro atoms. The number of hydrogen-bond acceptors (Lipinski definition) is 2. The zero-order valence-corrected chi connectivity index (χ0v) is 24.2. The van der Waals surface area contributed by atoms with Gasteiger partial charge in [-0.15, -0.1) is 0 Å². The van der Waals surface area contributed by atoms with Gasteiger partial charge in [-0.3, -0.25) is 4.79 Å². The summed E-state index contributed by atoms with van der Waals surface area (Å²) in [5.74, 6) is 4.72. The highest BCUT2D eigenvalue weighted by Crippen LogP contribution is 2.67. The highest BCUT2D eigenvalue weighted by Gasteiger charge is 2.59. The molecule has 1 amide bonds. The number of piperidine rings is 1. The number of amides is 1. The predicted molar refractivity (Wildman–Crippen MR) is 155 cm³/mol. The Kier molecular flexibility index (Phi) is 7.29. The molecule has 3 heteroatoms. The Balaban J connectivity index is 1.07. The molecule has 4 aliphatic carbocycles. The van der Waals surface area contributed by atoms with Crippen molar-refractivity contribution in [3.63, 3.8) is 0 Å². The maximum atomic E-state index is 13.3. The van der Waals surface area contributed by atoms with Gasteiger partial charge in [0.05, 0.1) is 6.10 Å². The Morgan fingerprint density at radius 2 is 1.87 bits per heavy atom. The lowest BCUT2D eigenvalue weighted by atomic mass is 9.47. The molecule has 1 heterocycles. The van der Waals surface area contributed by atoms with Gasteiger partial charge in [-0.25, -0.2) is 0 Å². The normalized spacial score (nSPS) is 41.5. The minimum atomic E-state index is -0.117. The smallest absolute Gasteiger partial charge is 0.222 e. The summed E-state index contributed by atoms with van der Waals surface area (Å²) < 4.78 is 0. The first-order valence-electron chi connectivity index (χ1n) is 16.0. The van der Waals surface area contributed by atoms with Crippen molar-refractivity contribution < 1.29 is 9.90 Å². The van der Waals surface area contributed by atoms with Crippen molar-refractivity contribution in [1.82, 2.24) is 4.90 Å². The van der Waals surface area contributed by atoms with Gasteiger partial charge in [0.15, 0.2) is 0 Å². The van der Waals surface area contributed by atoms with E-state index in [4.69, 9.17) is 0 Å². The van der Waals surface area contributed by atoms with Gasteiger partial charge >= 0.3 is 0 Å². The molecule has 5 aliphatic rings. The average molecular weight is 518 g/mol. The summed E-state index contributed by atoms with van der Waals surface area (Å²) >= 11 is 0. The minimum absolute atomic E-state index is 0.117. The molecule has 2 unspecified atom stereocenters. The van der Waals surface area contributed by atoms with Crippen LogP contribution >= 0.6 is 0 Å². The number of aliphatic hydroxyl groups excluding tert-OH is 1. The fourth-order valence-corrected chi connectivity index (χ4v) is 10.5. The van der Waals surface area contributed by atoms with E-state index in [1.165, 1.54) is 50.5 Å². The van der Waals surface area contributed by atoms with Crippen LogP contribution in [0.4, 0.5) is 0 Å². The van der Waals surface area contributed by atoms with Crippen LogP contribution in [0, 0.1) is 40.4 Å². The molecular weight excluding hydrogens is 466 g/mol. The molecule has 38 heavy (non-hydrogen) atoms. The second kappa shape index (κ2) is 10.4. The van der Waals surface area contributed by atoms with Crippen LogP contribution < -0.4 is 0 Å². The average Bonchev–Trinajstić information content (AvgIpc) is 3.30. The molecule has 0 bridgehead atoms. The lowest BCUT2D eigenvalue weighted by molar-refractivity contribution is -0.133. The van der Waals surface area contributed by atoms with E-state index in [0.29, 0.717) is 28.6 Å². The number of nitrogens with zero attached hydrogens (tertiary/aromatic N) is 1. The molecule has 4 fully saturated rings. The summed E-state index contributed by atoms with van der Waals surface area (Å²) in [7, 11) is 0. The maximum Gasteiger partial charge on any atom is 0.222 e. The molecule has 1 saturated heterocycles. The van der Waals surface area contributed by atoms with Crippen molar-refractivity contribution in [3.8, 4) is 0 Å². The van der Waals surface area contributed by atoms with Gasteiger partial charge in [-0.05, 0) is 117 Å². The van der Waals surface area contributed by atoms with Crippen LogP contribution in [0.2, 0.25) is 0 Å². The molecule has 6 rings (SSSR count). The molecule has 208 valence electrons. The van der Waals surface area contributed by atoms with Crippen LogP contribution in [-0.2, 0) is 4.79 Å². The van der Waals surface area contributed by atoms with Crippen LogP contribution in [-0.4, -0.2) is 35.1 Å². The van der Waals surface area contributed by atoms with E-state index < -0.39 is 0 Å². The molecule has 1 aromatic carbocycles. The number of carbonyl (C=O) groups is 1. The largest absolute Gasteiger partial charge is 0.393 e. The Morgan fingerprint density at radius 1 is 1.05 bits per heavy atom. The quantitative estimate of drug-likeness (QED) is 0.406. The Bertz CT molecular complexity index is 1030. The SMILES string of the molecule is CC(CCC(=O)N1CCCC(c2ccccc2)C1)[C@H]1CC[C@H]2[C@@H]3CC=C4C[C@@H](O)CC[C@]4(C)[C@H]3CC[C@]12C. The number of fused-ring (bicyclic) bond motifs is 5. The fraction of sp³-hybridized carbons (Fsp3) is 0.743. The first-order valence-corrected chi connectivity index (χ1v) is 16.0.